The summed E-state index contributed by atoms with van der Waals surface area (Å²) in [6.07, 6.45) is 3.62. The van der Waals surface area contributed by atoms with Crippen molar-refractivity contribution < 1.29 is 24.5 Å². The van der Waals surface area contributed by atoms with E-state index in [2.05, 4.69) is 116 Å². The van der Waals surface area contributed by atoms with Gasteiger partial charge in [-0.3, -0.25) is 0 Å². The van der Waals surface area contributed by atoms with E-state index in [1.54, 1.807) is 6.20 Å². The zero-order chi connectivity index (χ0) is 36.8. The summed E-state index contributed by atoms with van der Waals surface area (Å²) in [6, 6.07) is 52.6. The minimum absolute atomic E-state index is 0. The maximum Gasteiger partial charge on any atom is 0.137 e. The molecule has 0 unspecified atom stereocenters. The minimum Gasteiger partial charge on any atom is -0.456 e. The van der Waals surface area contributed by atoms with Gasteiger partial charge in [-0.25, -0.2) is 0 Å². The first-order valence-electron chi connectivity index (χ1n) is 18.2. The summed E-state index contributed by atoms with van der Waals surface area (Å²) >= 11 is 0. The molecule has 0 amide bonds. The third-order valence-corrected chi connectivity index (χ3v) is 10.3. The molecule has 4 heterocycles. The summed E-state index contributed by atoms with van der Waals surface area (Å²) in [5.41, 5.74) is 20.1. The summed E-state index contributed by atoms with van der Waals surface area (Å²) in [6.45, 7) is 8.86. The van der Waals surface area contributed by atoms with E-state index in [4.69, 9.17) is 4.42 Å². The van der Waals surface area contributed by atoms with Gasteiger partial charge in [0.15, 0.2) is 0 Å². The fraction of sp³-hybridized carbons (Fsp3) is 0.0800. The van der Waals surface area contributed by atoms with Crippen LogP contribution in [0.15, 0.2) is 150 Å². The van der Waals surface area contributed by atoms with Gasteiger partial charge in [0.2, 0.25) is 0 Å². The SMILES string of the molecule is Cc1cc(C)c(-c2cc3c(C)c(c2)-c2ccc4oc5ccccc5c4c2Nc2c[c-]c(-c4ccccn4)cc2-3)c(C)c1.[Ir].[c-]1ccccc1-c1ccccn1. The number of hydrogen-bond acceptors (Lipinski definition) is 4. The van der Waals surface area contributed by atoms with Crippen LogP contribution in [-0.2, 0) is 20.1 Å². The van der Waals surface area contributed by atoms with Crippen LogP contribution in [0, 0.1) is 39.8 Å². The molecule has 0 saturated carbocycles. The standard InChI is InChI=1S/C39H29N2O.C11H8N.Ir/c1-22-17-23(2)37(24(3)18-22)27-20-30-25(4)31(21-27)32-19-26(33-10-7-8-16-40-33)12-14-34(32)41-39-28(30)13-15-36-38(39)29-9-5-6-11-35(29)42-36;1-2-6-10(7-3-1)11-8-4-5-9-12-11;/h5-11,13-21,41H,1-4H3;1-6,8-9H;/q2*-1;. The Bertz CT molecular complexity index is 2770. The van der Waals surface area contributed by atoms with Gasteiger partial charge in [-0.15, -0.1) is 59.7 Å². The zero-order valence-electron chi connectivity index (χ0n) is 31.0. The Labute approximate surface area is 335 Å². The van der Waals surface area contributed by atoms with Crippen LogP contribution in [0.5, 0.6) is 0 Å². The topological polar surface area (TPSA) is 51.0 Å². The summed E-state index contributed by atoms with van der Waals surface area (Å²) in [7, 11) is 0. The van der Waals surface area contributed by atoms with Gasteiger partial charge < -0.3 is 19.7 Å². The smallest absolute Gasteiger partial charge is 0.137 e. The van der Waals surface area contributed by atoms with Crippen molar-refractivity contribution in [2.75, 3.05) is 5.32 Å². The molecule has 0 atom stereocenters. The Hall–Kier alpha value is -6.13. The third kappa shape index (κ3) is 6.67. The maximum absolute atomic E-state index is 6.32. The molecule has 55 heavy (non-hydrogen) atoms. The first-order chi connectivity index (χ1) is 26.4. The van der Waals surface area contributed by atoms with E-state index < -0.39 is 0 Å². The minimum atomic E-state index is 0. The van der Waals surface area contributed by atoms with Gasteiger partial charge >= 0.3 is 0 Å². The monoisotopic (exact) mass is 888 g/mol. The van der Waals surface area contributed by atoms with Crippen molar-refractivity contribution in [3.05, 3.63) is 180 Å². The number of anilines is 2. The summed E-state index contributed by atoms with van der Waals surface area (Å²) < 4.78 is 6.32. The number of pyridine rings is 2. The van der Waals surface area contributed by atoms with Gasteiger partial charge in [0.25, 0.3) is 0 Å². The van der Waals surface area contributed by atoms with Crippen LogP contribution in [0.2, 0.25) is 0 Å². The van der Waals surface area contributed by atoms with Crippen molar-refractivity contribution in [2.45, 2.75) is 27.7 Å². The predicted molar refractivity (Wildman–Crippen MR) is 223 cm³/mol. The van der Waals surface area contributed by atoms with Gasteiger partial charge in [-0.1, -0.05) is 65.7 Å². The zero-order valence-corrected chi connectivity index (χ0v) is 33.4. The molecule has 0 saturated heterocycles. The van der Waals surface area contributed by atoms with Crippen LogP contribution in [0.25, 0.3) is 77.8 Å². The molecule has 0 aliphatic carbocycles. The quantitative estimate of drug-likeness (QED) is 0.180. The first kappa shape index (κ1) is 35.9. The van der Waals surface area contributed by atoms with Crippen LogP contribution >= 0.6 is 0 Å². The maximum atomic E-state index is 6.32. The van der Waals surface area contributed by atoms with Crippen LogP contribution in [0.1, 0.15) is 22.3 Å². The molecule has 10 rings (SSSR count). The van der Waals surface area contributed by atoms with Gasteiger partial charge in [-0.2, -0.15) is 0 Å². The number of aromatic nitrogens is 2. The van der Waals surface area contributed by atoms with Crippen molar-refractivity contribution in [1.29, 1.82) is 0 Å². The number of hydrogen-bond donors (Lipinski definition) is 1. The molecule has 6 aromatic carbocycles. The summed E-state index contributed by atoms with van der Waals surface area (Å²) in [5.74, 6) is 0. The number of fused-ring (bicyclic) bond motifs is 10. The van der Waals surface area contributed by atoms with E-state index in [0.717, 1.165) is 67.0 Å². The van der Waals surface area contributed by atoms with Gasteiger partial charge in [0.05, 0.1) is 5.39 Å². The number of para-hydroxylation sites is 1. The van der Waals surface area contributed by atoms with Gasteiger partial charge in [0, 0.05) is 49.1 Å². The Morgan fingerprint density at radius 1 is 0.582 bits per heavy atom. The van der Waals surface area contributed by atoms with Crippen LogP contribution in [-0.4, -0.2) is 9.97 Å². The normalized spacial score (nSPS) is 11.3. The first-order valence-corrected chi connectivity index (χ1v) is 18.2. The summed E-state index contributed by atoms with van der Waals surface area (Å²) in [5, 5.41) is 6.06. The number of nitrogens with zero attached hydrogens (tertiary/aromatic N) is 2. The van der Waals surface area contributed by atoms with E-state index in [1.807, 2.05) is 79.0 Å². The van der Waals surface area contributed by atoms with Crippen LogP contribution in [0.3, 0.4) is 0 Å². The van der Waals surface area contributed by atoms with E-state index >= 15 is 0 Å². The van der Waals surface area contributed by atoms with Crippen molar-refractivity contribution in [1.82, 2.24) is 9.97 Å². The molecule has 4 nitrogen and oxygen atoms in total. The van der Waals surface area contributed by atoms with Crippen molar-refractivity contribution >= 4 is 33.3 Å². The third-order valence-electron chi connectivity index (χ3n) is 10.3. The molecule has 0 fully saturated rings. The number of nitrogens with one attached hydrogen (secondary N) is 1. The second-order valence-corrected chi connectivity index (χ2v) is 13.9. The van der Waals surface area contributed by atoms with E-state index in [1.165, 1.54) is 44.5 Å². The average molecular weight is 888 g/mol. The molecule has 3 aromatic heterocycles. The second kappa shape index (κ2) is 14.9. The molecular formula is C50H37IrN3O-2. The molecule has 1 aliphatic rings. The molecule has 9 aromatic rings. The fourth-order valence-electron chi connectivity index (χ4n) is 7.92. The number of aryl methyl sites for hydroxylation is 3. The average Bonchev–Trinajstić information content (AvgIpc) is 3.59. The van der Waals surface area contributed by atoms with Crippen molar-refractivity contribution in [3.63, 3.8) is 0 Å². The molecule has 0 spiro atoms. The molecule has 1 aliphatic heterocycles. The fourth-order valence-corrected chi connectivity index (χ4v) is 7.92. The largest absolute Gasteiger partial charge is 0.456 e. The number of benzene rings is 6. The number of furan rings is 1. The van der Waals surface area contributed by atoms with Crippen molar-refractivity contribution in [2.24, 2.45) is 0 Å². The van der Waals surface area contributed by atoms with E-state index in [0.29, 0.717) is 0 Å². The molecule has 1 N–H and O–H groups in total. The molecular weight excluding hydrogens is 851 g/mol. The van der Waals surface area contributed by atoms with Gasteiger partial charge in [-0.05, 0) is 126 Å². The van der Waals surface area contributed by atoms with E-state index in [9.17, 15) is 0 Å². The van der Waals surface area contributed by atoms with E-state index in [-0.39, 0.29) is 20.1 Å². The second-order valence-electron chi connectivity index (χ2n) is 13.9. The Morgan fingerprint density at radius 2 is 1.25 bits per heavy atom. The Morgan fingerprint density at radius 3 is 1.95 bits per heavy atom. The van der Waals surface area contributed by atoms with Crippen LogP contribution in [0.4, 0.5) is 11.4 Å². The van der Waals surface area contributed by atoms with Crippen LogP contribution < -0.4 is 5.32 Å². The van der Waals surface area contributed by atoms with Crippen molar-refractivity contribution in [3.8, 4) is 55.9 Å². The molecule has 1 radical (unpaired) electrons. The molecule has 5 heteroatoms. The summed E-state index contributed by atoms with van der Waals surface area (Å²) in [4.78, 5) is 8.85. The number of rotatable bonds is 3. The Balaban J connectivity index is 0.000000280. The molecule has 269 valence electrons. The molecule has 2 bridgehead atoms. The Kier molecular flexibility index (Phi) is 9.75. The van der Waals surface area contributed by atoms with Gasteiger partial charge in [0.1, 0.15) is 11.2 Å². The predicted octanol–water partition coefficient (Wildman–Crippen LogP) is 13.3.